The van der Waals surface area contributed by atoms with Crippen molar-refractivity contribution in [2.24, 2.45) is 0 Å². The van der Waals surface area contributed by atoms with E-state index in [0.29, 0.717) is 17.7 Å². The molecule has 0 amide bonds. The minimum absolute atomic E-state index is 0.0622. The lowest BCUT2D eigenvalue weighted by molar-refractivity contribution is -0.143. The van der Waals surface area contributed by atoms with Crippen molar-refractivity contribution in [3.63, 3.8) is 0 Å². The summed E-state index contributed by atoms with van der Waals surface area (Å²) in [6.45, 7) is 2.59. The smallest absolute Gasteiger partial charge is 0.308 e. The minimum Gasteiger partial charge on any atom is -0.497 e. The first-order valence-electron chi connectivity index (χ1n) is 12.0. The fourth-order valence-electron chi connectivity index (χ4n) is 5.38. The maximum absolute atomic E-state index is 13.9. The first-order valence-corrected chi connectivity index (χ1v) is 12.0. The van der Waals surface area contributed by atoms with Gasteiger partial charge in [-0.1, -0.05) is 18.2 Å². The van der Waals surface area contributed by atoms with E-state index in [4.69, 9.17) is 9.47 Å². The fraction of sp³-hybridized carbons (Fsp3) is 0.207. The first kappa shape index (κ1) is 22.1. The Bertz CT molecular complexity index is 1700. The highest BCUT2D eigenvalue weighted by molar-refractivity contribution is 5.92. The number of carbonyl (C=O) groups is 1. The van der Waals surface area contributed by atoms with Gasteiger partial charge in [-0.3, -0.25) is 14.2 Å². The maximum Gasteiger partial charge on any atom is 0.308 e. The molecule has 0 saturated carbocycles. The van der Waals surface area contributed by atoms with Gasteiger partial charge >= 0.3 is 5.97 Å². The van der Waals surface area contributed by atoms with Crippen LogP contribution in [0.5, 0.6) is 5.75 Å². The van der Waals surface area contributed by atoms with E-state index < -0.39 is 6.04 Å². The molecule has 7 heteroatoms. The molecule has 0 bridgehead atoms. The van der Waals surface area contributed by atoms with Crippen LogP contribution in [0, 0.1) is 0 Å². The van der Waals surface area contributed by atoms with E-state index in [2.05, 4.69) is 9.55 Å². The summed E-state index contributed by atoms with van der Waals surface area (Å²) in [5.74, 6) is 0.335. The number of carbonyl (C=O) groups excluding carboxylic acids is 1. The summed E-state index contributed by atoms with van der Waals surface area (Å²) >= 11 is 0. The normalized spacial score (nSPS) is 14.1. The van der Waals surface area contributed by atoms with Gasteiger partial charge in [-0.05, 0) is 60.3 Å². The van der Waals surface area contributed by atoms with Gasteiger partial charge in [-0.25, -0.2) is 4.98 Å². The van der Waals surface area contributed by atoms with Crippen LogP contribution in [0.15, 0.2) is 77.9 Å². The zero-order valence-electron chi connectivity index (χ0n) is 20.1. The summed E-state index contributed by atoms with van der Waals surface area (Å²) in [7, 11) is 1.61. The second-order valence-corrected chi connectivity index (χ2v) is 8.89. The van der Waals surface area contributed by atoms with Crippen LogP contribution in [0.2, 0.25) is 0 Å². The Hall–Kier alpha value is -4.39. The molecule has 6 rings (SSSR count). The van der Waals surface area contributed by atoms with Gasteiger partial charge in [0.1, 0.15) is 11.4 Å². The summed E-state index contributed by atoms with van der Waals surface area (Å²) < 4.78 is 14.7. The molecule has 0 spiro atoms. The quantitative estimate of drug-likeness (QED) is 0.323. The van der Waals surface area contributed by atoms with E-state index in [1.807, 2.05) is 66.9 Å². The lowest BCUT2D eigenvalue weighted by atomic mass is 9.97. The van der Waals surface area contributed by atoms with Crippen LogP contribution in [-0.2, 0) is 16.1 Å². The topological polar surface area (TPSA) is 75.3 Å². The second-order valence-electron chi connectivity index (χ2n) is 8.89. The summed E-state index contributed by atoms with van der Waals surface area (Å²) in [5.41, 5.74) is 4.39. The predicted octanol–water partition coefficient (Wildman–Crippen LogP) is 4.93. The molecular formula is C29H25N3O4. The SMILES string of the molecule is CCOC(=O)CC1c2cc(OC)ccc2-c2c(Cn3ccc4cccnc43)c3ccccc3c(=O)n21. The molecule has 7 nitrogen and oxygen atoms in total. The number of rotatable bonds is 6. The zero-order chi connectivity index (χ0) is 24.8. The number of benzene rings is 2. The van der Waals surface area contributed by atoms with Crippen LogP contribution >= 0.6 is 0 Å². The second kappa shape index (κ2) is 8.68. The van der Waals surface area contributed by atoms with Gasteiger partial charge in [0.2, 0.25) is 0 Å². The average molecular weight is 480 g/mol. The molecule has 0 radical (unpaired) electrons. The van der Waals surface area contributed by atoms with Gasteiger partial charge < -0.3 is 14.0 Å². The zero-order valence-corrected chi connectivity index (χ0v) is 20.1. The molecule has 180 valence electrons. The molecule has 5 aromatic rings. The van der Waals surface area contributed by atoms with Crippen LogP contribution in [0.1, 0.15) is 30.5 Å². The molecule has 0 fully saturated rings. The van der Waals surface area contributed by atoms with Gasteiger partial charge in [0, 0.05) is 34.3 Å². The van der Waals surface area contributed by atoms with Crippen molar-refractivity contribution in [2.45, 2.75) is 25.9 Å². The molecule has 1 atom stereocenters. The monoisotopic (exact) mass is 479 g/mol. The standard InChI is InChI=1S/C29H25N3O4/c1-3-36-26(33)16-25-23-15-19(35-2)10-11-21(23)27-24(17-31-14-12-18-7-6-13-30-28(18)31)20-8-4-5-9-22(20)29(34)32(25)27/h4-15,25H,3,16-17H2,1-2H3. The third-order valence-corrected chi connectivity index (χ3v) is 6.93. The summed E-state index contributed by atoms with van der Waals surface area (Å²) in [6.07, 6.45) is 3.87. The third-order valence-electron chi connectivity index (χ3n) is 6.93. The summed E-state index contributed by atoms with van der Waals surface area (Å²) in [4.78, 5) is 31.2. The van der Waals surface area contributed by atoms with Gasteiger partial charge in [0.25, 0.3) is 5.56 Å². The van der Waals surface area contributed by atoms with Crippen molar-refractivity contribution < 1.29 is 14.3 Å². The molecule has 36 heavy (non-hydrogen) atoms. The van der Waals surface area contributed by atoms with E-state index in [0.717, 1.165) is 38.8 Å². The van der Waals surface area contributed by atoms with Crippen molar-refractivity contribution >= 4 is 27.8 Å². The molecule has 0 N–H and O–H groups in total. The van der Waals surface area contributed by atoms with Crippen molar-refractivity contribution in [1.29, 1.82) is 0 Å². The van der Waals surface area contributed by atoms with Crippen LogP contribution in [0.4, 0.5) is 0 Å². The van der Waals surface area contributed by atoms with E-state index >= 15 is 0 Å². The Morgan fingerprint density at radius 3 is 2.69 bits per heavy atom. The van der Waals surface area contributed by atoms with Gasteiger partial charge in [-0.2, -0.15) is 0 Å². The van der Waals surface area contributed by atoms with Crippen LogP contribution < -0.4 is 10.3 Å². The maximum atomic E-state index is 13.9. The van der Waals surface area contributed by atoms with Crippen molar-refractivity contribution in [3.8, 4) is 17.0 Å². The fourth-order valence-corrected chi connectivity index (χ4v) is 5.38. The lowest BCUT2D eigenvalue weighted by Gasteiger charge is -2.19. The van der Waals surface area contributed by atoms with Crippen molar-refractivity contribution in [3.05, 3.63) is 94.5 Å². The number of fused-ring (bicyclic) bond motifs is 5. The van der Waals surface area contributed by atoms with Gasteiger partial charge in [0.05, 0.1) is 38.4 Å². The predicted molar refractivity (Wildman–Crippen MR) is 138 cm³/mol. The Morgan fingerprint density at radius 1 is 1.06 bits per heavy atom. The third kappa shape index (κ3) is 3.39. The highest BCUT2D eigenvalue weighted by Crippen LogP contribution is 2.45. The Kier molecular flexibility index (Phi) is 5.33. The summed E-state index contributed by atoms with van der Waals surface area (Å²) in [6, 6.07) is 19.0. The van der Waals surface area contributed by atoms with Gasteiger partial charge in [0.15, 0.2) is 0 Å². The van der Waals surface area contributed by atoms with Crippen LogP contribution in [0.25, 0.3) is 33.1 Å². The largest absolute Gasteiger partial charge is 0.497 e. The number of methoxy groups -OCH3 is 1. The number of aromatic nitrogens is 3. The number of hydrogen-bond donors (Lipinski definition) is 0. The van der Waals surface area contributed by atoms with Crippen molar-refractivity contribution in [1.82, 2.24) is 14.1 Å². The van der Waals surface area contributed by atoms with E-state index in [-0.39, 0.29) is 24.6 Å². The van der Waals surface area contributed by atoms with E-state index in [1.54, 1.807) is 24.8 Å². The van der Waals surface area contributed by atoms with Crippen LogP contribution in [0.3, 0.4) is 0 Å². The number of nitrogens with zero attached hydrogens (tertiary/aromatic N) is 3. The highest BCUT2D eigenvalue weighted by Gasteiger charge is 2.35. The number of pyridine rings is 2. The lowest BCUT2D eigenvalue weighted by Crippen LogP contribution is -2.27. The van der Waals surface area contributed by atoms with Gasteiger partial charge in [-0.15, -0.1) is 0 Å². The molecule has 1 unspecified atom stereocenters. The Labute approximate surface area is 207 Å². The molecule has 0 aliphatic carbocycles. The molecule has 1 aliphatic rings. The Balaban J connectivity index is 1.64. The minimum atomic E-state index is -0.487. The Morgan fingerprint density at radius 2 is 1.89 bits per heavy atom. The summed E-state index contributed by atoms with van der Waals surface area (Å²) in [5, 5.41) is 2.57. The van der Waals surface area contributed by atoms with E-state index in [9.17, 15) is 9.59 Å². The first-order chi connectivity index (χ1) is 17.6. The highest BCUT2D eigenvalue weighted by atomic mass is 16.5. The van der Waals surface area contributed by atoms with Crippen LogP contribution in [-0.4, -0.2) is 33.8 Å². The van der Waals surface area contributed by atoms with E-state index in [1.165, 1.54) is 0 Å². The molecular weight excluding hydrogens is 454 g/mol. The average Bonchev–Trinajstić information content (AvgIpc) is 3.45. The van der Waals surface area contributed by atoms with Crippen molar-refractivity contribution in [2.75, 3.05) is 13.7 Å². The molecule has 1 aliphatic heterocycles. The number of esters is 1. The number of ether oxygens (including phenoxy) is 2. The molecule has 4 heterocycles. The molecule has 3 aromatic heterocycles. The molecule has 2 aromatic carbocycles. The molecule has 0 saturated heterocycles. The number of hydrogen-bond acceptors (Lipinski definition) is 5.